The van der Waals surface area contributed by atoms with Crippen molar-refractivity contribution in [1.82, 2.24) is 5.32 Å². The maximum absolute atomic E-state index is 11.0. The van der Waals surface area contributed by atoms with Crippen molar-refractivity contribution in [2.75, 3.05) is 19.7 Å². The Hall–Kier alpha value is -0.610. The Balaban J connectivity index is 2.01. The lowest BCUT2D eigenvalue weighted by Gasteiger charge is -2.15. The highest BCUT2D eigenvalue weighted by Gasteiger charge is 2.18. The number of hydrogen-bond acceptors (Lipinski definition) is 4. The van der Waals surface area contributed by atoms with Crippen molar-refractivity contribution in [3.8, 4) is 0 Å². The molecule has 4 nitrogen and oxygen atoms in total. The number of nitrogens with one attached hydrogen (secondary N) is 1. The predicted octanol–water partition coefficient (Wildman–Crippen LogP) is 1.08. The monoisotopic (exact) mass is 229 g/mol. The second-order valence-electron chi connectivity index (χ2n) is 4.48. The lowest BCUT2D eigenvalue weighted by atomic mass is 10.0. The Morgan fingerprint density at radius 2 is 2.19 bits per heavy atom. The van der Waals surface area contributed by atoms with E-state index >= 15 is 0 Å². The lowest BCUT2D eigenvalue weighted by Crippen LogP contribution is -2.32. The molecular formula is C12H23NO3. The first-order chi connectivity index (χ1) is 7.72. The zero-order valence-corrected chi connectivity index (χ0v) is 10.1. The summed E-state index contributed by atoms with van der Waals surface area (Å²) in [5.41, 5.74) is 0. The van der Waals surface area contributed by atoms with E-state index in [1.165, 1.54) is 25.7 Å². The summed E-state index contributed by atoms with van der Waals surface area (Å²) in [4.78, 5) is 11.0. The largest absolute Gasteiger partial charge is 0.465 e. The molecule has 1 saturated carbocycles. The van der Waals surface area contributed by atoms with Crippen molar-refractivity contribution in [1.29, 1.82) is 0 Å². The number of carbonyl (C=O) groups excluding carboxylic acids is 1. The van der Waals surface area contributed by atoms with Gasteiger partial charge in [0.25, 0.3) is 0 Å². The number of rotatable bonds is 7. The Morgan fingerprint density at radius 3 is 2.81 bits per heavy atom. The van der Waals surface area contributed by atoms with Gasteiger partial charge in [-0.3, -0.25) is 4.79 Å². The summed E-state index contributed by atoms with van der Waals surface area (Å²) >= 11 is 0. The van der Waals surface area contributed by atoms with Crippen molar-refractivity contribution in [3.05, 3.63) is 0 Å². The Bertz CT molecular complexity index is 202. The van der Waals surface area contributed by atoms with Gasteiger partial charge < -0.3 is 15.2 Å². The molecule has 2 N–H and O–H groups in total. The first-order valence-electron chi connectivity index (χ1n) is 6.26. The zero-order valence-electron chi connectivity index (χ0n) is 10.1. The molecule has 1 unspecified atom stereocenters. The third-order valence-electron chi connectivity index (χ3n) is 3.03. The van der Waals surface area contributed by atoms with E-state index in [0.717, 1.165) is 6.42 Å². The summed E-state index contributed by atoms with van der Waals surface area (Å²) in [6.07, 6.45) is 5.61. The molecule has 4 heteroatoms. The molecule has 0 aromatic carbocycles. The second kappa shape index (κ2) is 7.63. The molecule has 0 radical (unpaired) electrons. The number of ether oxygens (including phenoxy) is 1. The van der Waals surface area contributed by atoms with Crippen LogP contribution in [0.15, 0.2) is 0 Å². The zero-order chi connectivity index (χ0) is 11.8. The van der Waals surface area contributed by atoms with Gasteiger partial charge in [0.1, 0.15) is 0 Å². The minimum absolute atomic E-state index is 0.190. The van der Waals surface area contributed by atoms with Gasteiger partial charge in [0.15, 0.2) is 0 Å². The summed E-state index contributed by atoms with van der Waals surface area (Å²) in [6.45, 7) is 2.86. The van der Waals surface area contributed by atoms with E-state index < -0.39 is 0 Å². The van der Waals surface area contributed by atoms with Gasteiger partial charge in [-0.2, -0.15) is 0 Å². The molecule has 16 heavy (non-hydrogen) atoms. The van der Waals surface area contributed by atoms with Crippen molar-refractivity contribution < 1.29 is 14.6 Å². The molecule has 0 aromatic heterocycles. The summed E-state index contributed by atoms with van der Waals surface area (Å²) in [7, 11) is 0. The number of carbonyl (C=O) groups is 1. The van der Waals surface area contributed by atoms with E-state index in [2.05, 4.69) is 5.32 Å². The van der Waals surface area contributed by atoms with Gasteiger partial charge in [-0.25, -0.2) is 0 Å². The summed E-state index contributed by atoms with van der Waals surface area (Å²) in [5.74, 6) is 0.426. The lowest BCUT2D eigenvalue weighted by molar-refractivity contribution is -0.142. The Morgan fingerprint density at radius 1 is 1.50 bits per heavy atom. The minimum atomic E-state index is -0.336. The van der Waals surface area contributed by atoms with Crippen LogP contribution in [-0.4, -0.2) is 36.9 Å². The number of aliphatic hydroxyl groups excluding tert-OH is 1. The Labute approximate surface area is 97.4 Å². The first kappa shape index (κ1) is 13.5. The van der Waals surface area contributed by atoms with Crippen LogP contribution in [0.3, 0.4) is 0 Å². The fraction of sp³-hybridized carbons (Fsp3) is 0.917. The molecule has 0 amide bonds. The third-order valence-corrected chi connectivity index (χ3v) is 3.03. The third kappa shape index (κ3) is 5.47. The van der Waals surface area contributed by atoms with Crippen LogP contribution < -0.4 is 5.32 Å². The van der Waals surface area contributed by atoms with E-state index in [0.29, 0.717) is 19.1 Å². The maximum atomic E-state index is 11.0. The van der Waals surface area contributed by atoms with Crippen LogP contribution in [0.25, 0.3) is 0 Å². The van der Waals surface area contributed by atoms with Gasteiger partial charge in [-0.15, -0.1) is 0 Å². The van der Waals surface area contributed by atoms with Crippen LogP contribution in [0.5, 0.6) is 0 Å². The SMILES string of the molecule is CCOC(=O)CNCC(O)CC1CCCC1. The normalized spacial score (nSPS) is 18.6. The summed E-state index contributed by atoms with van der Waals surface area (Å²) < 4.78 is 4.77. The van der Waals surface area contributed by atoms with Crippen LogP contribution in [0, 0.1) is 5.92 Å². The molecule has 0 saturated heterocycles. The van der Waals surface area contributed by atoms with Gasteiger partial charge in [-0.1, -0.05) is 25.7 Å². The van der Waals surface area contributed by atoms with Gasteiger partial charge >= 0.3 is 5.97 Å². The molecule has 1 fully saturated rings. The maximum Gasteiger partial charge on any atom is 0.319 e. The van der Waals surface area contributed by atoms with E-state index in [1.54, 1.807) is 6.92 Å². The van der Waals surface area contributed by atoms with Gasteiger partial charge in [0, 0.05) is 6.54 Å². The smallest absolute Gasteiger partial charge is 0.319 e. The molecule has 1 aliphatic carbocycles. The van der Waals surface area contributed by atoms with Crippen molar-refractivity contribution in [3.63, 3.8) is 0 Å². The number of aliphatic hydroxyl groups is 1. The quantitative estimate of drug-likeness (QED) is 0.641. The van der Waals surface area contributed by atoms with Crippen molar-refractivity contribution in [2.24, 2.45) is 5.92 Å². The molecule has 0 bridgehead atoms. The fourth-order valence-electron chi connectivity index (χ4n) is 2.27. The van der Waals surface area contributed by atoms with Crippen LogP contribution in [-0.2, 0) is 9.53 Å². The fourth-order valence-corrected chi connectivity index (χ4v) is 2.27. The molecule has 0 heterocycles. The van der Waals surface area contributed by atoms with Crippen LogP contribution >= 0.6 is 0 Å². The average molecular weight is 229 g/mol. The minimum Gasteiger partial charge on any atom is -0.465 e. The van der Waals surface area contributed by atoms with Gasteiger partial charge in [-0.05, 0) is 19.3 Å². The Kier molecular flexibility index (Phi) is 6.42. The van der Waals surface area contributed by atoms with Crippen LogP contribution in [0.1, 0.15) is 39.0 Å². The molecule has 1 atom stereocenters. The van der Waals surface area contributed by atoms with Gasteiger partial charge in [0.05, 0.1) is 19.3 Å². The van der Waals surface area contributed by atoms with Crippen molar-refractivity contribution >= 4 is 5.97 Å². The summed E-state index contributed by atoms with van der Waals surface area (Å²) in [6, 6.07) is 0. The standard InChI is InChI=1S/C12H23NO3/c1-2-16-12(15)9-13-8-11(14)7-10-5-3-4-6-10/h10-11,13-14H,2-9H2,1H3. The van der Waals surface area contributed by atoms with E-state index in [9.17, 15) is 9.90 Å². The van der Waals surface area contributed by atoms with E-state index in [-0.39, 0.29) is 18.6 Å². The number of esters is 1. The highest BCUT2D eigenvalue weighted by Crippen LogP contribution is 2.28. The predicted molar refractivity (Wildman–Crippen MR) is 62.1 cm³/mol. The van der Waals surface area contributed by atoms with Gasteiger partial charge in [0.2, 0.25) is 0 Å². The molecule has 1 rings (SSSR count). The molecule has 1 aliphatic rings. The highest BCUT2D eigenvalue weighted by molar-refractivity contribution is 5.71. The average Bonchev–Trinajstić information content (AvgIpc) is 2.70. The highest BCUT2D eigenvalue weighted by atomic mass is 16.5. The van der Waals surface area contributed by atoms with Crippen LogP contribution in [0.4, 0.5) is 0 Å². The van der Waals surface area contributed by atoms with E-state index in [1.807, 2.05) is 0 Å². The van der Waals surface area contributed by atoms with Crippen molar-refractivity contribution in [2.45, 2.75) is 45.1 Å². The summed E-state index contributed by atoms with van der Waals surface area (Å²) in [5, 5.41) is 12.7. The molecular weight excluding hydrogens is 206 g/mol. The molecule has 0 aromatic rings. The topological polar surface area (TPSA) is 58.6 Å². The number of hydrogen-bond donors (Lipinski definition) is 2. The first-order valence-corrected chi connectivity index (χ1v) is 6.26. The molecule has 0 aliphatic heterocycles. The molecule has 0 spiro atoms. The van der Waals surface area contributed by atoms with Crippen LogP contribution in [0.2, 0.25) is 0 Å². The molecule has 94 valence electrons. The van der Waals surface area contributed by atoms with E-state index in [4.69, 9.17) is 4.74 Å². The second-order valence-corrected chi connectivity index (χ2v) is 4.48.